The number of carboxylic acid groups (broad SMARTS) is 1. The third-order valence-corrected chi connectivity index (χ3v) is 4.63. The Hall–Kier alpha value is -3.93. The third kappa shape index (κ3) is 5.17. The van der Waals surface area contributed by atoms with Gasteiger partial charge in [-0.3, -0.25) is 14.9 Å². The van der Waals surface area contributed by atoms with Gasteiger partial charge in [-0.05, 0) is 40.2 Å². The van der Waals surface area contributed by atoms with Crippen molar-refractivity contribution in [3.8, 4) is 11.5 Å². The quantitative estimate of drug-likeness (QED) is 0.276. The molecule has 160 valence electrons. The Balaban J connectivity index is 1.73. The number of carboxylic acids is 1. The minimum atomic E-state index is -1.13. The van der Waals surface area contributed by atoms with E-state index in [2.05, 4.69) is 26.5 Å². The molecule has 31 heavy (non-hydrogen) atoms. The number of carbonyl (C=O) groups excluding carboxylic acids is 1. The van der Waals surface area contributed by atoms with Gasteiger partial charge in [-0.25, -0.2) is 10.2 Å². The van der Waals surface area contributed by atoms with Crippen molar-refractivity contribution in [3.05, 3.63) is 62.3 Å². The molecule has 0 aliphatic carbocycles. The van der Waals surface area contributed by atoms with Gasteiger partial charge < -0.3 is 19.0 Å². The molecule has 0 bridgehead atoms. The molecule has 0 saturated carbocycles. The van der Waals surface area contributed by atoms with Crippen molar-refractivity contribution < 1.29 is 33.5 Å². The maximum atomic E-state index is 12.3. The number of carbonyl (C=O) groups is 2. The minimum Gasteiger partial charge on any atom is -0.493 e. The van der Waals surface area contributed by atoms with Crippen molar-refractivity contribution >= 4 is 50.7 Å². The molecule has 0 radical (unpaired) electrons. The molecule has 2 aromatic carbocycles. The van der Waals surface area contributed by atoms with Gasteiger partial charge in [-0.15, -0.1) is 0 Å². The molecule has 1 aromatic heterocycles. The summed E-state index contributed by atoms with van der Waals surface area (Å²) in [5, 5.41) is 23.9. The average Bonchev–Trinajstić information content (AvgIpc) is 3.16. The summed E-state index contributed by atoms with van der Waals surface area (Å²) in [6.45, 7) is -0.535. The van der Waals surface area contributed by atoms with E-state index in [0.717, 1.165) is 0 Å². The molecular formula is C19H14BrN3O8. The van der Waals surface area contributed by atoms with Gasteiger partial charge in [0.05, 0.1) is 18.2 Å². The fourth-order valence-corrected chi connectivity index (χ4v) is 2.96. The lowest BCUT2D eigenvalue weighted by Gasteiger charge is -2.11. The standard InChI is InChI=1S/C19H14BrN3O8/c1-29-15-6-11(13(20)7-16(15)30-9-18(24)25)8-21-22-19(26)17-5-10-4-12(23(27)28)2-3-14(10)31-17/h2-8H,9H2,1H3,(H,22,26)(H,24,25)/b21-8+. The number of aliphatic carboxylic acids is 1. The second-order valence-electron chi connectivity index (χ2n) is 6.00. The Morgan fingerprint density at radius 3 is 2.74 bits per heavy atom. The molecule has 0 saturated heterocycles. The van der Waals surface area contributed by atoms with Crippen LogP contribution in [0.2, 0.25) is 0 Å². The van der Waals surface area contributed by atoms with Crippen LogP contribution in [0.1, 0.15) is 16.1 Å². The fourth-order valence-electron chi connectivity index (χ4n) is 2.53. The summed E-state index contributed by atoms with van der Waals surface area (Å²) in [6.07, 6.45) is 1.33. The molecule has 3 aromatic rings. The van der Waals surface area contributed by atoms with Gasteiger partial charge >= 0.3 is 11.9 Å². The maximum Gasteiger partial charge on any atom is 0.341 e. The fraction of sp³-hybridized carbons (Fsp3) is 0.105. The predicted molar refractivity (Wildman–Crippen MR) is 112 cm³/mol. The number of halogens is 1. The SMILES string of the molecule is COc1cc(/C=N/NC(=O)c2cc3cc([N+](=O)[O-])ccc3o2)c(Br)cc1OCC(=O)O. The summed E-state index contributed by atoms with van der Waals surface area (Å²) in [4.78, 5) is 33.3. The van der Waals surface area contributed by atoms with Crippen LogP contribution in [0.25, 0.3) is 11.0 Å². The number of hydrogen-bond donors (Lipinski definition) is 2. The highest BCUT2D eigenvalue weighted by molar-refractivity contribution is 9.10. The van der Waals surface area contributed by atoms with Crippen molar-refractivity contribution in [2.75, 3.05) is 13.7 Å². The highest BCUT2D eigenvalue weighted by Gasteiger charge is 2.15. The van der Waals surface area contributed by atoms with E-state index in [1.165, 1.54) is 49.7 Å². The maximum absolute atomic E-state index is 12.3. The summed E-state index contributed by atoms with van der Waals surface area (Å²) in [5.41, 5.74) is 3.02. The van der Waals surface area contributed by atoms with E-state index in [9.17, 15) is 19.7 Å². The van der Waals surface area contributed by atoms with Crippen LogP contribution in [0, 0.1) is 10.1 Å². The number of nitrogens with zero attached hydrogens (tertiary/aromatic N) is 2. The van der Waals surface area contributed by atoms with E-state index in [1.807, 2.05) is 0 Å². The molecular weight excluding hydrogens is 478 g/mol. The zero-order chi connectivity index (χ0) is 22.5. The van der Waals surface area contributed by atoms with Crippen LogP contribution in [-0.4, -0.2) is 41.8 Å². The number of non-ortho nitro benzene ring substituents is 1. The lowest BCUT2D eigenvalue weighted by atomic mass is 10.2. The minimum absolute atomic E-state index is 0.0679. The summed E-state index contributed by atoms with van der Waals surface area (Å²) in [6, 6.07) is 8.41. The number of nitro benzene ring substituents is 1. The highest BCUT2D eigenvalue weighted by Crippen LogP contribution is 2.33. The molecule has 0 spiro atoms. The van der Waals surface area contributed by atoms with Gasteiger partial charge in [0.25, 0.3) is 5.69 Å². The van der Waals surface area contributed by atoms with Crippen LogP contribution in [0.4, 0.5) is 5.69 Å². The number of rotatable bonds is 8. The smallest absolute Gasteiger partial charge is 0.341 e. The van der Waals surface area contributed by atoms with Gasteiger partial charge in [0, 0.05) is 27.6 Å². The normalized spacial score (nSPS) is 10.9. The molecule has 2 N–H and O–H groups in total. The van der Waals surface area contributed by atoms with E-state index in [0.29, 0.717) is 21.0 Å². The van der Waals surface area contributed by atoms with Crippen LogP contribution in [0.5, 0.6) is 11.5 Å². The number of nitrogens with one attached hydrogen (secondary N) is 1. The lowest BCUT2D eigenvalue weighted by molar-refractivity contribution is -0.384. The number of nitro groups is 1. The molecule has 11 nitrogen and oxygen atoms in total. The molecule has 0 fully saturated rings. The zero-order valence-corrected chi connectivity index (χ0v) is 17.4. The highest BCUT2D eigenvalue weighted by atomic mass is 79.9. The van der Waals surface area contributed by atoms with E-state index in [4.69, 9.17) is 19.0 Å². The first-order chi connectivity index (χ1) is 14.8. The van der Waals surface area contributed by atoms with Crippen LogP contribution < -0.4 is 14.9 Å². The predicted octanol–water partition coefficient (Wildman–Crippen LogP) is 3.34. The van der Waals surface area contributed by atoms with Crippen LogP contribution >= 0.6 is 15.9 Å². The monoisotopic (exact) mass is 491 g/mol. The largest absolute Gasteiger partial charge is 0.493 e. The number of furan rings is 1. The molecule has 1 heterocycles. The van der Waals surface area contributed by atoms with Crippen molar-refractivity contribution in [2.45, 2.75) is 0 Å². The first-order valence-corrected chi connectivity index (χ1v) is 9.31. The first kappa shape index (κ1) is 21.8. The first-order valence-electron chi connectivity index (χ1n) is 8.52. The van der Waals surface area contributed by atoms with Crippen molar-refractivity contribution in [1.29, 1.82) is 0 Å². The van der Waals surface area contributed by atoms with E-state index in [1.54, 1.807) is 0 Å². The summed E-state index contributed by atoms with van der Waals surface area (Å²) in [7, 11) is 1.39. The number of benzene rings is 2. The number of hydrogen-bond acceptors (Lipinski definition) is 8. The molecule has 12 heteroatoms. The number of methoxy groups -OCH3 is 1. The van der Waals surface area contributed by atoms with Gasteiger partial charge in [0.1, 0.15) is 5.58 Å². The number of ether oxygens (including phenoxy) is 2. The molecule has 0 aliphatic rings. The second kappa shape index (κ2) is 9.26. The van der Waals surface area contributed by atoms with Crippen LogP contribution in [0.15, 0.2) is 50.4 Å². The number of hydrazone groups is 1. The van der Waals surface area contributed by atoms with E-state index in [-0.39, 0.29) is 22.9 Å². The van der Waals surface area contributed by atoms with Crippen LogP contribution in [-0.2, 0) is 4.79 Å². The Bertz CT molecular complexity index is 1200. The lowest BCUT2D eigenvalue weighted by Crippen LogP contribution is -2.16. The molecule has 0 atom stereocenters. The van der Waals surface area contributed by atoms with Crippen molar-refractivity contribution in [1.82, 2.24) is 5.43 Å². The Labute approximate surface area is 182 Å². The van der Waals surface area contributed by atoms with Crippen molar-refractivity contribution in [3.63, 3.8) is 0 Å². The van der Waals surface area contributed by atoms with Gasteiger partial charge in [-0.1, -0.05) is 0 Å². The molecule has 0 aliphatic heterocycles. The Morgan fingerprint density at radius 2 is 2.06 bits per heavy atom. The average molecular weight is 492 g/mol. The molecule has 1 amide bonds. The van der Waals surface area contributed by atoms with Gasteiger partial charge in [-0.2, -0.15) is 5.10 Å². The summed E-state index contributed by atoms with van der Waals surface area (Å²) < 4.78 is 16.2. The van der Waals surface area contributed by atoms with Gasteiger partial charge in [0.15, 0.2) is 23.9 Å². The molecule has 3 rings (SSSR count). The van der Waals surface area contributed by atoms with Crippen LogP contribution in [0.3, 0.4) is 0 Å². The molecule has 0 unspecified atom stereocenters. The topological polar surface area (TPSA) is 154 Å². The van der Waals surface area contributed by atoms with E-state index < -0.39 is 23.4 Å². The third-order valence-electron chi connectivity index (χ3n) is 3.94. The second-order valence-corrected chi connectivity index (χ2v) is 6.85. The summed E-state index contributed by atoms with van der Waals surface area (Å²) in [5.74, 6) is -1.36. The number of amides is 1. The Kier molecular flexibility index (Phi) is 6.50. The van der Waals surface area contributed by atoms with E-state index >= 15 is 0 Å². The zero-order valence-electron chi connectivity index (χ0n) is 15.8. The number of fused-ring (bicyclic) bond motifs is 1. The Morgan fingerprint density at radius 1 is 1.29 bits per heavy atom. The summed E-state index contributed by atoms with van der Waals surface area (Å²) >= 11 is 3.31. The van der Waals surface area contributed by atoms with Gasteiger partial charge in [0.2, 0.25) is 0 Å². The van der Waals surface area contributed by atoms with Crippen molar-refractivity contribution in [2.24, 2.45) is 5.10 Å².